The highest BCUT2D eigenvalue weighted by Crippen LogP contribution is 2.26. The molecule has 0 aliphatic rings. The molecule has 94 valence electrons. The number of pyridine rings is 2. The Kier molecular flexibility index (Phi) is 4.12. The fraction of sp³-hybridized carbons (Fsp3) is 0.231. The van der Waals surface area contributed by atoms with Gasteiger partial charge in [0.2, 0.25) is 0 Å². The third-order valence-electron chi connectivity index (χ3n) is 2.73. The van der Waals surface area contributed by atoms with Crippen molar-refractivity contribution in [2.75, 3.05) is 7.11 Å². The molecule has 0 bridgehead atoms. The third-order valence-corrected chi connectivity index (χ3v) is 3.07. The summed E-state index contributed by atoms with van der Waals surface area (Å²) in [7, 11) is 1.60. The van der Waals surface area contributed by atoms with Crippen molar-refractivity contribution in [2.45, 2.75) is 12.5 Å². The fourth-order valence-electron chi connectivity index (χ4n) is 1.78. The molecule has 0 aliphatic heterocycles. The number of aromatic nitrogens is 2. The summed E-state index contributed by atoms with van der Waals surface area (Å²) in [6, 6.07) is 3.54. The van der Waals surface area contributed by atoms with Crippen molar-refractivity contribution in [2.24, 2.45) is 5.73 Å². The zero-order valence-corrected chi connectivity index (χ0v) is 10.8. The first-order valence-corrected chi connectivity index (χ1v) is 5.92. The fourth-order valence-corrected chi connectivity index (χ4v) is 1.98. The summed E-state index contributed by atoms with van der Waals surface area (Å²) in [5.74, 6) is 0.690. The molecule has 2 aromatic rings. The highest BCUT2D eigenvalue weighted by Gasteiger charge is 2.13. The van der Waals surface area contributed by atoms with Gasteiger partial charge in [0.15, 0.2) is 0 Å². The molecule has 1 atom stereocenters. The minimum atomic E-state index is -0.192. The van der Waals surface area contributed by atoms with E-state index in [-0.39, 0.29) is 6.04 Å². The first-order valence-electron chi connectivity index (χ1n) is 5.54. The van der Waals surface area contributed by atoms with Gasteiger partial charge in [-0.3, -0.25) is 9.97 Å². The second-order valence-electron chi connectivity index (χ2n) is 3.90. The molecule has 1 unspecified atom stereocenters. The van der Waals surface area contributed by atoms with Gasteiger partial charge in [0, 0.05) is 30.2 Å². The summed E-state index contributed by atoms with van der Waals surface area (Å²) in [6.07, 6.45) is 7.31. The summed E-state index contributed by atoms with van der Waals surface area (Å²) in [6.45, 7) is 0. The zero-order chi connectivity index (χ0) is 13.0. The van der Waals surface area contributed by atoms with Crippen LogP contribution in [0, 0.1) is 0 Å². The number of hydrogen-bond donors (Lipinski definition) is 1. The van der Waals surface area contributed by atoms with E-state index in [0.717, 1.165) is 11.1 Å². The molecule has 0 aliphatic carbocycles. The summed E-state index contributed by atoms with van der Waals surface area (Å²) >= 11 is 6.07. The lowest BCUT2D eigenvalue weighted by Gasteiger charge is -2.15. The standard InChI is InChI=1S/C13H14ClN3O/c1-18-13-8-17-5-3-10(13)12(15)6-9-2-4-16-7-11(9)14/h2-5,7-8,12H,6,15H2,1H3. The van der Waals surface area contributed by atoms with Crippen molar-refractivity contribution in [3.05, 3.63) is 53.1 Å². The highest BCUT2D eigenvalue weighted by molar-refractivity contribution is 6.31. The zero-order valence-electron chi connectivity index (χ0n) is 10.0. The van der Waals surface area contributed by atoms with Gasteiger partial charge in [0.1, 0.15) is 5.75 Å². The van der Waals surface area contributed by atoms with Gasteiger partial charge in [-0.2, -0.15) is 0 Å². The summed E-state index contributed by atoms with van der Waals surface area (Å²) in [5.41, 5.74) is 8.07. The molecule has 0 amide bonds. The number of methoxy groups -OCH3 is 1. The predicted molar refractivity (Wildman–Crippen MR) is 70.7 cm³/mol. The maximum atomic E-state index is 6.19. The minimum Gasteiger partial charge on any atom is -0.495 e. The molecule has 0 saturated carbocycles. The number of rotatable bonds is 4. The summed E-state index contributed by atoms with van der Waals surface area (Å²) < 4.78 is 5.25. The van der Waals surface area contributed by atoms with E-state index in [0.29, 0.717) is 17.2 Å². The Hall–Kier alpha value is -1.65. The molecular formula is C13H14ClN3O. The maximum Gasteiger partial charge on any atom is 0.141 e. The van der Waals surface area contributed by atoms with E-state index in [1.807, 2.05) is 12.1 Å². The number of hydrogen-bond acceptors (Lipinski definition) is 4. The van der Waals surface area contributed by atoms with Crippen LogP contribution in [0.4, 0.5) is 0 Å². The normalized spacial score (nSPS) is 12.2. The Labute approximate surface area is 111 Å². The van der Waals surface area contributed by atoms with E-state index in [1.54, 1.807) is 31.9 Å². The van der Waals surface area contributed by atoms with Gasteiger partial charge in [-0.25, -0.2) is 0 Å². The van der Waals surface area contributed by atoms with Gasteiger partial charge in [-0.15, -0.1) is 0 Å². The van der Waals surface area contributed by atoms with E-state index in [9.17, 15) is 0 Å². The van der Waals surface area contributed by atoms with Crippen LogP contribution in [0.3, 0.4) is 0 Å². The molecule has 0 fully saturated rings. The number of nitrogens with two attached hydrogens (primary N) is 1. The minimum absolute atomic E-state index is 0.192. The lowest BCUT2D eigenvalue weighted by Crippen LogP contribution is -2.15. The van der Waals surface area contributed by atoms with Crippen LogP contribution in [0.5, 0.6) is 5.75 Å². The lowest BCUT2D eigenvalue weighted by molar-refractivity contribution is 0.403. The van der Waals surface area contributed by atoms with E-state index in [1.165, 1.54) is 0 Å². The molecule has 0 aromatic carbocycles. The lowest BCUT2D eigenvalue weighted by atomic mass is 10.0. The maximum absolute atomic E-state index is 6.19. The second-order valence-corrected chi connectivity index (χ2v) is 4.30. The molecule has 0 radical (unpaired) electrons. The smallest absolute Gasteiger partial charge is 0.141 e. The number of nitrogens with zero attached hydrogens (tertiary/aromatic N) is 2. The van der Waals surface area contributed by atoms with Gasteiger partial charge >= 0.3 is 0 Å². The molecule has 0 saturated heterocycles. The van der Waals surface area contributed by atoms with Crippen LogP contribution in [0.1, 0.15) is 17.2 Å². The molecule has 2 N–H and O–H groups in total. The molecule has 2 rings (SSSR count). The Morgan fingerprint density at radius 1 is 1.28 bits per heavy atom. The average molecular weight is 264 g/mol. The quantitative estimate of drug-likeness (QED) is 0.920. The first kappa shape index (κ1) is 12.8. The van der Waals surface area contributed by atoms with E-state index < -0.39 is 0 Å². The van der Waals surface area contributed by atoms with Crippen LogP contribution in [-0.4, -0.2) is 17.1 Å². The van der Waals surface area contributed by atoms with Crippen molar-refractivity contribution >= 4 is 11.6 Å². The highest BCUT2D eigenvalue weighted by atomic mass is 35.5. The second kappa shape index (κ2) is 5.80. The third kappa shape index (κ3) is 2.78. The molecule has 5 heteroatoms. The van der Waals surface area contributed by atoms with Crippen molar-refractivity contribution < 1.29 is 4.74 Å². The SMILES string of the molecule is COc1cnccc1C(N)Cc1ccncc1Cl. The van der Waals surface area contributed by atoms with E-state index >= 15 is 0 Å². The van der Waals surface area contributed by atoms with Gasteiger partial charge in [0.25, 0.3) is 0 Å². The number of halogens is 1. The van der Waals surface area contributed by atoms with Crippen molar-refractivity contribution in [1.82, 2.24) is 9.97 Å². The van der Waals surface area contributed by atoms with Gasteiger partial charge in [-0.05, 0) is 24.1 Å². The van der Waals surface area contributed by atoms with Crippen molar-refractivity contribution in [1.29, 1.82) is 0 Å². The van der Waals surface area contributed by atoms with Crippen molar-refractivity contribution in [3.8, 4) is 5.75 Å². The van der Waals surface area contributed by atoms with Crippen molar-refractivity contribution in [3.63, 3.8) is 0 Å². The van der Waals surface area contributed by atoms with Gasteiger partial charge in [-0.1, -0.05) is 11.6 Å². The molecule has 2 aromatic heterocycles. The predicted octanol–water partition coefficient (Wildman–Crippen LogP) is 2.38. The Morgan fingerprint density at radius 3 is 2.72 bits per heavy atom. The van der Waals surface area contributed by atoms with Crippen LogP contribution in [0.25, 0.3) is 0 Å². The summed E-state index contributed by atoms with van der Waals surface area (Å²) in [4.78, 5) is 7.96. The monoisotopic (exact) mass is 263 g/mol. The van der Waals surface area contributed by atoms with E-state index in [2.05, 4.69) is 9.97 Å². The number of ether oxygens (including phenoxy) is 1. The van der Waals surface area contributed by atoms with Crippen LogP contribution >= 0.6 is 11.6 Å². The Bertz CT molecular complexity index is 533. The van der Waals surface area contributed by atoms with Crippen LogP contribution in [-0.2, 0) is 6.42 Å². The van der Waals surface area contributed by atoms with Gasteiger partial charge in [0.05, 0.1) is 18.3 Å². The Balaban J connectivity index is 2.22. The molecular weight excluding hydrogens is 250 g/mol. The molecule has 2 heterocycles. The largest absolute Gasteiger partial charge is 0.495 e. The Morgan fingerprint density at radius 2 is 2.00 bits per heavy atom. The average Bonchev–Trinajstić information content (AvgIpc) is 2.41. The topological polar surface area (TPSA) is 61.0 Å². The van der Waals surface area contributed by atoms with Crippen LogP contribution in [0.15, 0.2) is 36.9 Å². The molecule has 4 nitrogen and oxygen atoms in total. The molecule has 18 heavy (non-hydrogen) atoms. The van der Waals surface area contributed by atoms with Gasteiger partial charge < -0.3 is 10.5 Å². The first-order chi connectivity index (χ1) is 8.72. The molecule has 0 spiro atoms. The van der Waals surface area contributed by atoms with E-state index in [4.69, 9.17) is 22.1 Å². The van der Waals surface area contributed by atoms with Crippen LogP contribution < -0.4 is 10.5 Å². The van der Waals surface area contributed by atoms with Crippen LogP contribution in [0.2, 0.25) is 5.02 Å². The summed E-state index contributed by atoms with van der Waals surface area (Å²) in [5, 5.41) is 0.626.